The highest BCUT2D eigenvalue weighted by molar-refractivity contribution is 5.75. The van der Waals surface area contributed by atoms with E-state index in [1.54, 1.807) is 0 Å². The standard InChI is InChI=1S/C16H19F3O2/c1-2-3-10-4-6-11(7-5-10)16(20)21-12-8-13(17)15(19)14(18)9-12/h8-11H,2-7H2,1H3. The highest BCUT2D eigenvalue weighted by Gasteiger charge is 2.27. The number of benzene rings is 1. The molecule has 1 aromatic carbocycles. The van der Waals surface area contributed by atoms with Crippen molar-refractivity contribution in [3.05, 3.63) is 29.6 Å². The van der Waals surface area contributed by atoms with E-state index < -0.39 is 23.4 Å². The minimum Gasteiger partial charge on any atom is -0.426 e. The van der Waals surface area contributed by atoms with E-state index in [1.807, 2.05) is 0 Å². The summed E-state index contributed by atoms with van der Waals surface area (Å²) in [5, 5.41) is 0. The molecular formula is C16H19F3O2. The molecule has 0 aromatic heterocycles. The Hall–Kier alpha value is -1.52. The lowest BCUT2D eigenvalue weighted by molar-refractivity contribution is -0.140. The molecule has 0 aliphatic heterocycles. The maximum Gasteiger partial charge on any atom is 0.314 e. The molecule has 0 amide bonds. The van der Waals surface area contributed by atoms with Gasteiger partial charge < -0.3 is 4.74 Å². The van der Waals surface area contributed by atoms with Crippen LogP contribution in [-0.4, -0.2) is 5.97 Å². The second kappa shape index (κ2) is 6.96. The number of halogens is 3. The molecule has 0 saturated heterocycles. The van der Waals surface area contributed by atoms with E-state index >= 15 is 0 Å². The van der Waals surface area contributed by atoms with Gasteiger partial charge in [-0.05, 0) is 31.6 Å². The fourth-order valence-corrected chi connectivity index (χ4v) is 2.89. The van der Waals surface area contributed by atoms with Crippen molar-refractivity contribution < 1.29 is 22.7 Å². The summed E-state index contributed by atoms with van der Waals surface area (Å²) in [5.74, 6) is -4.64. The molecule has 0 radical (unpaired) electrons. The van der Waals surface area contributed by atoms with Gasteiger partial charge in [-0.3, -0.25) is 4.79 Å². The minimum absolute atomic E-state index is 0.241. The molecule has 1 fully saturated rings. The Balaban J connectivity index is 1.93. The summed E-state index contributed by atoms with van der Waals surface area (Å²) in [7, 11) is 0. The highest BCUT2D eigenvalue weighted by atomic mass is 19.2. The third kappa shape index (κ3) is 3.99. The lowest BCUT2D eigenvalue weighted by Gasteiger charge is -2.26. The highest BCUT2D eigenvalue weighted by Crippen LogP contribution is 2.32. The third-order valence-corrected chi connectivity index (χ3v) is 4.05. The van der Waals surface area contributed by atoms with Crippen molar-refractivity contribution in [3.63, 3.8) is 0 Å². The van der Waals surface area contributed by atoms with Gasteiger partial charge in [0, 0.05) is 12.1 Å². The molecule has 1 saturated carbocycles. The predicted molar refractivity (Wildman–Crippen MR) is 72.3 cm³/mol. The Bertz CT molecular complexity index is 485. The normalized spacial score (nSPS) is 22.1. The van der Waals surface area contributed by atoms with E-state index in [1.165, 1.54) is 0 Å². The zero-order valence-electron chi connectivity index (χ0n) is 12.0. The summed E-state index contributed by atoms with van der Waals surface area (Å²) >= 11 is 0. The molecule has 0 atom stereocenters. The van der Waals surface area contributed by atoms with Crippen molar-refractivity contribution >= 4 is 5.97 Å². The molecule has 2 rings (SSSR count). The predicted octanol–water partition coefficient (Wildman–Crippen LogP) is 4.62. The lowest BCUT2D eigenvalue weighted by atomic mass is 9.80. The van der Waals surface area contributed by atoms with Gasteiger partial charge in [-0.1, -0.05) is 19.8 Å². The second-order valence-electron chi connectivity index (χ2n) is 5.63. The molecule has 1 aliphatic rings. The molecule has 0 heterocycles. The number of esters is 1. The van der Waals surface area contributed by atoms with Crippen LogP contribution >= 0.6 is 0 Å². The van der Waals surface area contributed by atoms with Crippen LogP contribution < -0.4 is 4.74 Å². The smallest absolute Gasteiger partial charge is 0.314 e. The minimum atomic E-state index is -1.56. The number of carbonyl (C=O) groups is 1. The van der Waals surface area contributed by atoms with Crippen LogP contribution in [-0.2, 0) is 4.79 Å². The first-order chi connectivity index (χ1) is 10.0. The summed E-state index contributed by atoms with van der Waals surface area (Å²) in [4.78, 5) is 12.0. The summed E-state index contributed by atoms with van der Waals surface area (Å²) in [6.45, 7) is 2.14. The van der Waals surface area contributed by atoms with Gasteiger partial charge in [-0.25, -0.2) is 13.2 Å². The van der Waals surface area contributed by atoms with Crippen molar-refractivity contribution in [2.45, 2.75) is 45.4 Å². The van der Waals surface area contributed by atoms with Gasteiger partial charge in [0.05, 0.1) is 5.92 Å². The van der Waals surface area contributed by atoms with Crippen LogP contribution in [0.4, 0.5) is 13.2 Å². The largest absolute Gasteiger partial charge is 0.426 e. The summed E-state index contributed by atoms with van der Waals surface area (Å²) < 4.78 is 43.9. The van der Waals surface area contributed by atoms with Crippen LogP contribution in [0.5, 0.6) is 5.75 Å². The van der Waals surface area contributed by atoms with Gasteiger partial charge in [0.15, 0.2) is 17.5 Å². The van der Waals surface area contributed by atoms with Crippen molar-refractivity contribution in [1.29, 1.82) is 0 Å². The van der Waals surface area contributed by atoms with Crippen molar-refractivity contribution in [1.82, 2.24) is 0 Å². The number of rotatable bonds is 4. The quantitative estimate of drug-likeness (QED) is 0.461. The van der Waals surface area contributed by atoms with Crippen LogP contribution in [0, 0.1) is 29.3 Å². The molecule has 5 heteroatoms. The van der Waals surface area contributed by atoms with Gasteiger partial charge in [-0.2, -0.15) is 0 Å². The fourth-order valence-electron chi connectivity index (χ4n) is 2.89. The Morgan fingerprint density at radius 2 is 1.71 bits per heavy atom. The topological polar surface area (TPSA) is 26.3 Å². The average Bonchev–Trinajstić information content (AvgIpc) is 2.45. The first-order valence-corrected chi connectivity index (χ1v) is 7.37. The van der Waals surface area contributed by atoms with Gasteiger partial charge in [0.1, 0.15) is 5.75 Å². The zero-order chi connectivity index (χ0) is 15.4. The maximum absolute atomic E-state index is 13.1. The summed E-state index contributed by atoms with van der Waals surface area (Å²) in [5.41, 5.74) is 0. The number of ether oxygens (including phenoxy) is 1. The molecule has 1 aromatic rings. The molecule has 0 spiro atoms. The molecule has 0 bridgehead atoms. The molecule has 116 valence electrons. The Kier molecular flexibility index (Phi) is 5.26. The maximum atomic E-state index is 13.1. The fraction of sp³-hybridized carbons (Fsp3) is 0.562. The molecule has 1 aliphatic carbocycles. The van der Waals surface area contributed by atoms with Crippen molar-refractivity contribution in [2.75, 3.05) is 0 Å². The van der Waals surface area contributed by atoms with E-state index in [0.29, 0.717) is 18.1 Å². The lowest BCUT2D eigenvalue weighted by Crippen LogP contribution is -2.25. The van der Waals surface area contributed by atoms with Crippen molar-refractivity contribution in [3.8, 4) is 5.75 Å². The van der Waals surface area contributed by atoms with E-state index in [9.17, 15) is 18.0 Å². The Morgan fingerprint density at radius 1 is 1.14 bits per heavy atom. The van der Waals surface area contributed by atoms with Crippen LogP contribution in [0.2, 0.25) is 0 Å². The van der Waals surface area contributed by atoms with E-state index in [4.69, 9.17) is 4.74 Å². The number of hydrogen-bond donors (Lipinski definition) is 0. The van der Waals surface area contributed by atoms with Crippen LogP contribution in [0.3, 0.4) is 0 Å². The monoisotopic (exact) mass is 300 g/mol. The molecular weight excluding hydrogens is 281 g/mol. The van der Waals surface area contributed by atoms with Crippen molar-refractivity contribution in [2.24, 2.45) is 11.8 Å². The molecule has 0 unspecified atom stereocenters. The number of hydrogen-bond acceptors (Lipinski definition) is 2. The SMILES string of the molecule is CCCC1CCC(C(=O)Oc2cc(F)c(F)c(F)c2)CC1. The van der Waals surface area contributed by atoms with Gasteiger partial charge in [-0.15, -0.1) is 0 Å². The molecule has 0 N–H and O–H groups in total. The third-order valence-electron chi connectivity index (χ3n) is 4.05. The average molecular weight is 300 g/mol. The molecule has 2 nitrogen and oxygen atoms in total. The molecule has 21 heavy (non-hydrogen) atoms. The summed E-state index contributed by atoms with van der Waals surface area (Å²) in [6, 6.07) is 1.39. The zero-order valence-corrected chi connectivity index (χ0v) is 12.0. The number of carbonyl (C=O) groups excluding carboxylic acids is 1. The first kappa shape index (κ1) is 15.9. The van der Waals surface area contributed by atoms with Crippen LogP contribution in [0.25, 0.3) is 0 Å². The van der Waals surface area contributed by atoms with Crippen LogP contribution in [0.1, 0.15) is 45.4 Å². The van der Waals surface area contributed by atoms with Gasteiger partial charge >= 0.3 is 5.97 Å². The second-order valence-corrected chi connectivity index (χ2v) is 5.63. The Morgan fingerprint density at radius 3 is 2.24 bits per heavy atom. The first-order valence-electron chi connectivity index (χ1n) is 7.37. The van der Waals surface area contributed by atoms with E-state index in [-0.39, 0.29) is 11.7 Å². The van der Waals surface area contributed by atoms with Crippen LogP contribution in [0.15, 0.2) is 12.1 Å². The van der Waals surface area contributed by atoms with Gasteiger partial charge in [0.2, 0.25) is 0 Å². The van der Waals surface area contributed by atoms with E-state index in [0.717, 1.165) is 38.5 Å². The Labute approximate surface area is 122 Å². The summed E-state index contributed by atoms with van der Waals surface area (Å²) in [6.07, 6.45) is 5.70. The van der Waals surface area contributed by atoms with E-state index in [2.05, 4.69) is 6.92 Å². The van der Waals surface area contributed by atoms with Gasteiger partial charge in [0.25, 0.3) is 0 Å².